The zero-order chi connectivity index (χ0) is 32.0. The van der Waals surface area contributed by atoms with Crippen LogP contribution in [0.25, 0.3) is 0 Å². The van der Waals surface area contributed by atoms with Crippen molar-refractivity contribution in [3.63, 3.8) is 0 Å². The predicted octanol–water partition coefficient (Wildman–Crippen LogP) is 10.9. The second-order valence-corrected chi connectivity index (χ2v) is 17.0. The van der Waals surface area contributed by atoms with E-state index >= 15 is 0 Å². The third kappa shape index (κ3) is 7.51. The summed E-state index contributed by atoms with van der Waals surface area (Å²) in [6.45, 7) is 0. The van der Waals surface area contributed by atoms with E-state index in [1.165, 1.54) is 83.7 Å². The van der Waals surface area contributed by atoms with Crippen LogP contribution in [0, 0.1) is 0 Å². The summed E-state index contributed by atoms with van der Waals surface area (Å²) >= 11 is 0. The zero-order valence-electron chi connectivity index (χ0n) is 27.7. The average molecular weight is 633 g/mol. The van der Waals surface area contributed by atoms with Crippen molar-refractivity contribution in [2.75, 3.05) is 6.16 Å². The first-order valence-corrected chi connectivity index (χ1v) is 19.9. The van der Waals surface area contributed by atoms with Gasteiger partial charge in [0.2, 0.25) is 0 Å². The molecule has 47 heavy (non-hydrogen) atoms. The summed E-state index contributed by atoms with van der Waals surface area (Å²) in [4.78, 5) is 0. The second kappa shape index (κ2) is 16.5. The Balaban J connectivity index is 1.09. The molecule has 0 unspecified atom stereocenters. The minimum Gasteiger partial charge on any atom is -0.0622 e. The van der Waals surface area contributed by atoms with Crippen molar-refractivity contribution in [2.24, 2.45) is 0 Å². The molecule has 6 rings (SSSR count). The van der Waals surface area contributed by atoms with E-state index in [0.717, 1.165) is 6.42 Å². The van der Waals surface area contributed by atoms with Crippen molar-refractivity contribution < 1.29 is 0 Å². The summed E-state index contributed by atoms with van der Waals surface area (Å²) in [6, 6.07) is 67.6. The van der Waals surface area contributed by atoms with Crippen LogP contribution in [-0.2, 0) is 5.41 Å². The maximum atomic E-state index is 2.38. The average Bonchev–Trinajstić information content (AvgIpc) is 3.16. The molecule has 0 saturated carbocycles. The van der Waals surface area contributed by atoms with Crippen LogP contribution in [-0.4, -0.2) is 6.16 Å². The Bertz CT molecular complexity index is 1390. The molecule has 1 heteroatoms. The number of unbranched alkanes of at least 4 members (excludes halogenated alkanes) is 6. The molecule has 0 amide bonds. The van der Waals surface area contributed by atoms with Gasteiger partial charge in [-0.2, -0.15) is 0 Å². The Morgan fingerprint density at radius 1 is 0.298 bits per heavy atom. The Labute approximate surface area is 283 Å². The first-order valence-electron chi connectivity index (χ1n) is 17.7. The molecule has 0 radical (unpaired) electrons. The minimum atomic E-state index is -2.12. The Hall–Kier alpha value is -4.25. The predicted molar refractivity (Wildman–Crippen MR) is 208 cm³/mol. The fourth-order valence-corrected chi connectivity index (χ4v) is 12.8. The van der Waals surface area contributed by atoms with Crippen LogP contribution in [0.15, 0.2) is 182 Å². The molecule has 0 bridgehead atoms. The number of benzene rings is 6. The fourth-order valence-electron chi connectivity index (χ4n) is 7.87. The van der Waals surface area contributed by atoms with Crippen molar-refractivity contribution in [2.45, 2.75) is 56.8 Å². The first-order chi connectivity index (χ1) is 23.3. The molecule has 0 aliphatic heterocycles. The van der Waals surface area contributed by atoms with E-state index in [0.29, 0.717) is 0 Å². The zero-order valence-corrected chi connectivity index (χ0v) is 28.7. The van der Waals surface area contributed by atoms with Gasteiger partial charge in [-0.15, -0.1) is 0 Å². The van der Waals surface area contributed by atoms with Crippen LogP contribution < -0.4 is 15.9 Å². The van der Waals surface area contributed by atoms with E-state index in [1.54, 1.807) is 0 Å². The molecule has 6 aromatic carbocycles. The number of hydrogen-bond donors (Lipinski definition) is 0. The Kier molecular flexibility index (Phi) is 11.5. The molecule has 0 saturated heterocycles. The third-order valence-electron chi connectivity index (χ3n) is 10.2. The van der Waals surface area contributed by atoms with E-state index in [-0.39, 0.29) is 5.41 Å². The minimum absolute atomic E-state index is 0.135. The summed E-state index contributed by atoms with van der Waals surface area (Å²) in [5.74, 6) is 0. The Morgan fingerprint density at radius 3 is 0.915 bits per heavy atom. The summed E-state index contributed by atoms with van der Waals surface area (Å²) in [7, 11) is -2.12. The van der Waals surface area contributed by atoms with Crippen molar-refractivity contribution in [3.05, 3.63) is 199 Å². The Morgan fingerprint density at radius 2 is 0.574 bits per heavy atom. The van der Waals surface area contributed by atoms with Gasteiger partial charge in [-0.05, 0) is 0 Å². The summed E-state index contributed by atoms with van der Waals surface area (Å²) in [5.41, 5.74) is 4.03. The van der Waals surface area contributed by atoms with Crippen molar-refractivity contribution in [1.82, 2.24) is 0 Å². The third-order valence-corrected chi connectivity index (χ3v) is 15.3. The van der Waals surface area contributed by atoms with Gasteiger partial charge in [0.05, 0.1) is 0 Å². The second-order valence-electron chi connectivity index (χ2n) is 13.0. The molecule has 0 N–H and O–H groups in total. The van der Waals surface area contributed by atoms with Gasteiger partial charge >= 0.3 is 230 Å². The van der Waals surface area contributed by atoms with Crippen LogP contribution in [0.2, 0.25) is 0 Å². The van der Waals surface area contributed by atoms with Gasteiger partial charge in [-0.3, -0.25) is 0 Å². The monoisotopic (exact) mass is 632 g/mol. The van der Waals surface area contributed by atoms with Crippen LogP contribution in [0.5, 0.6) is 0 Å². The van der Waals surface area contributed by atoms with Gasteiger partial charge in [0.1, 0.15) is 0 Å². The van der Waals surface area contributed by atoms with Crippen molar-refractivity contribution in [3.8, 4) is 0 Å². The molecule has 0 heterocycles. The van der Waals surface area contributed by atoms with Crippen molar-refractivity contribution >= 4 is 23.2 Å². The van der Waals surface area contributed by atoms with E-state index in [2.05, 4.69) is 182 Å². The number of hydrogen-bond acceptors (Lipinski definition) is 0. The SMILES string of the molecule is c1ccc(C(CCCCCCCCC[PH](c2ccccc2)(c2ccccc2)c2ccccc2)(c2ccccc2)c2ccccc2)cc1. The molecule has 0 aliphatic rings. The van der Waals surface area contributed by atoms with Crippen LogP contribution in [0.4, 0.5) is 0 Å². The summed E-state index contributed by atoms with van der Waals surface area (Å²) in [5, 5.41) is 4.57. The van der Waals surface area contributed by atoms with Gasteiger partial charge in [0.15, 0.2) is 0 Å². The normalized spacial score (nSPS) is 12.1. The van der Waals surface area contributed by atoms with E-state index in [1.807, 2.05) is 0 Å². The molecule has 0 aromatic heterocycles. The van der Waals surface area contributed by atoms with E-state index in [9.17, 15) is 0 Å². The van der Waals surface area contributed by atoms with Crippen molar-refractivity contribution in [1.29, 1.82) is 0 Å². The molecule has 6 aromatic rings. The molecule has 0 nitrogen and oxygen atoms in total. The molecule has 0 spiro atoms. The molecular weight excluding hydrogens is 583 g/mol. The fraction of sp³-hybridized carbons (Fsp3) is 0.217. The first kappa shape index (κ1) is 32.7. The number of rotatable bonds is 16. The van der Waals surface area contributed by atoms with Gasteiger partial charge in [0, 0.05) is 0 Å². The summed E-state index contributed by atoms with van der Waals surface area (Å²) in [6.07, 6.45) is 11.3. The smallest absolute Gasteiger partial charge is 0.0622 e. The van der Waals surface area contributed by atoms with E-state index < -0.39 is 7.26 Å². The standard InChI is InChI=1S/C46H49P/c1(2-4-24-38-46(40-26-12-6-13-27-40,41-28-14-7-15-29-41)42-30-16-8-17-31-42)3-5-25-39-47(43-32-18-9-19-33-43,44-34-20-10-21-35-44)45-36-22-11-23-37-45/h6-23,26-37,47H,1-5,24-25,38-39H2. The quantitative estimate of drug-likeness (QED) is 0.0566. The van der Waals surface area contributed by atoms with Crippen LogP contribution in [0.3, 0.4) is 0 Å². The topological polar surface area (TPSA) is 0 Å². The summed E-state index contributed by atoms with van der Waals surface area (Å²) < 4.78 is 0. The van der Waals surface area contributed by atoms with E-state index in [4.69, 9.17) is 0 Å². The molecule has 238 valence electrons. The van der Waals surface area contributed by atoms with Gasteiger partial charge < -0.3 is 0 Å². The van der Waals surface area contributed by atoms with Gasteiger partial charge in [-0.1, -0.05) is 54.6 Å². The molecule has 0 atom stereocenters. The molecule has 0 fully saturated rings. The van der Waals surface area contributed by atoms with Crippen LogP contribution >= 0.6 is 7.26 Å². The molecular formula is C46H49P. The van der Waals surface area contributed by atoms with Gasteiger partial charge in [-0.25, -0.2) is 0 Å². The van der Waals surface area contributed by atoms with Crippen LogP contribution in [0.1, 0.15) is 68.1 Å². The van der Waals surface area contributed by atoms with Gasteiger partial charge in [0.25, 0.3) is 0 Å². The maximum absolute atomic E-state index is 2.38. The molecule has 0 aliphatic carbocycles.